The Balaban J connectivity index is 2.47. The van der Waals surface area contributed by atoms with Gasteiger partial charge < -0.3 is 4.74 Å². The van der Waals surface area contributed by atoms with Crippen molar-refractivity contribution in [2.75, 3.05) is 5.75 Å². The van der Waals surface area contributed by atoms with E-state index in [0.29, 0.717) is 5.75 Å². The number of thioether (sulfide) groups is 1. The van der Waals surface area contributed by atoms with Crippen molar-refractivity contribution >= 4 is 17.7 Å². The first-order chi connectivity index (χ1) is 7.38. The number of aryl methyl sites for hydroxylation is 1. The minimum Gasteiger partial charge on any atom is -0.459 e. The van der Waals surface area contributed by atoms with Crippen molar-refractivity contribution in [1.82, 2.24) is 0 Å². The van der Waals surface area contributed by atoms with Gasteiger partial charge in [-0.1, -0.05) is 18.2 Å². The van der Waals surface area contributed by atoms with E-state index in [0.717, 1.165) is 4.90 Å². The third-order valence-corrected chi connectivity index (χ3v) is 3.01. The van der Waals surface area contributed by atoms with Crippen LogP contribution in [0.15, 0.2) is 29.2 Å². The minimum absolute atomic E-state index is 0.166. The molecule has 3 heteroatoms. The van der Waals surface area contributed by atoms with Crippen molar-refractivity contribution in [3.05, 3.63) is 29.8 Å². The first-order valence-corrected chi connectivity index (χ1v) is 6.27. The molecule has 0 aliphatic heterocycles. The zero-order valence-electron chi connectivity index (χ0n) is 10.2. The van der Waals surface area contributed by atoms with E-state index in [1.54, 1.807) is 0 Å². The summed E-state index contributed by atoms with van der Waals surface area (Å²) in [5.41, 5.74) is 0.791. The first-order valence-electron chi connectivity index (χ1n) is 5.29. The summed E-state index contributed by atoms with van der Waals surface area (Å²) in [6.07, 6.45) is 0. The number of carbonyl (C=O) groups is 1. The van der Waals surface area contributed by atoms with Crippen LogP contribution in [-0.4, -0.2) is 17.3 Å². The van der Waals surface area contributed by atoms with Crippen LogP contribution in [0.2, 0.25) is 0 Å². The molecule has 0 atom stereocenters. The van der Waals surface area contributed by atoms with Crippen LogP contribution < -0.4 is 0 Å². The highest BCUT2D eigenvalue weighted by Crippen LogP contribution is 2.22. The Hall–Kier alpha value is -0.960. The average molecular weight is 238 g/mol. The minimum atomic E-state index is -0.399. The summed E-state index contributed by atoms with van der Waals surface area (Å²) < 4.78 is 5.24. The Morgan fingerprint density at radius 2 is 1.94 bits per heavy atom. The van der Waals surface area contributed by atoms with Gasteiger partial charge in [-0.2, -0.15) is 0 Å². The molecule has 0 unspecified atom stereocenters. The molecule has 0 aromatic heterocycles. The fraction of sp³-hybridized carbons (Fsp3) is 0.462. The molecule has 0 spiro atoms. The van der Waals surface area contributed by atoms with E-state index in [9.17, 15) is 4.79 Å². The van der Waals surface area contributed by atoms with Crippen LogP contribution in [0, 0.1) is 6.92 Å². The van der Waals surface area contributed by atoms with Crippen LogP contribution in [0.1, 0.15) is 26.3 Å². The second-order valence-corrected chi connectivity index (χ2v) is 5.66. The zero-order valence-corrected chi connectivity index (χ0v) is 11.1. The molecule has 1 rings (SSSR count). The zero-order chi connectivity index (χ0) is 12.2. The van der Waals surface area contributed by atoms with Gasteiger partial charge in [-0.05, 0) is 39.3 Å². The maximum Gasteiger partial charge on any atom is 0.316 e. The summed E-state index contributed by atoms with van der Waals surface area (Å²) in [5.74, 6) is 0.197. The topological polar surface area (TPSA) is 26.3 Å². The van der Waals surface area contributed by atoms with Crippen LogP contribution in [0.25, 0.3) is 0 Å². The Morgan fingerprint density at radius 3 is 2.50 bits per heavy atom. The number of benzene rings is 1. The molecule has 88 valence electrons. The van der Waals surface area contributed by atoms with Gasteiger partial charge in [0.05, 0.1) is 5.75 Å². The summed E-state index contributed by atoms with van der Waals surface area (Å²) in [6, 6.07) is 8.03. The van der Waals surface area contributed by atoms with E-state index >= 15 is 0 Å². The van der Waals surface area contributed by atoms with Gasteiger partial charge >= 0.3 is 5.97 Å². The standard InChI is InChI=1S/C13H18O2S/c1-10-7-5-6-8-11(10)16-9-12(14)15-13(2,3)4/h5-8H,9H2,1-4H3. The molecule has 1 aromatic carbocycles. The molecular weight excluding hydrogens is 220 g/mol. The molecule has 0 amide bonds. The molecule has 0 heterocycles. The van der Waals surface area contributed by atoms with E-state index in [4.69, 9.17) is 4.74 Å². The van der Waals surface area contributed by atoms with Crippen molar-refractivity contribution in [2.45, 2.75) is 38.2 Å². The Labute approximate surface area is 101 Å². The summed E-state index contributed by atoms with van der Waals surface area (Å²) in [5, 5.41) is 0. The number of carbonyl (C=O) groups excluding carboxylic acids is 1. The quantitative estimate of drug-likeness (QED) is 0.596. The highest BCUT2D eigenvalue weighted by Gasteiger charge is 2.16. The number of hydrogen-bond donors (Lipinski definition) is 0. The van der Waals surface area contributed by atoms with Crippen molar-refractivity contribution in [3.63, 3.8) is 0 Å². The summed E-state index contributed by atoms with van der Waals surface area (Å²) >= 11 is 1.52. The predicted octanol–water partition coefficient (Wildman–Crippen LogP) is 3.43. The third-order valence-electron chi connectivity index (χ3n) is 1.86. The van der Waals surface area contributed by atoms with E-state index in [1.165, 1.54) is 17.3 Å². The van der Waals surface area contributed by atoms with Crippen molar-refractivity contribution < 1.29 is 9.53 Å². The number of hydrogen-bond acceptors (Lipinski definition) is 3. The lowest BCUT2D eigenvalue weighted by Gasteiger charge is -2.19. The molecule has 0 saturated carbocycles. The molecule has 1 aromatic rings. The van der Waals surface area contributed by atoms with Crippen LogP contribution in [0.3, 0.4) is 0 Å². The summed E-state index contributed by atoms with van der Waals surface area (Å²) in [4.78, 5) is 12.6. The molecule has 0 saturated heterocycles. The van der Waals surface area contributed by atoms with Crippen LogP contribution in [-0.2, 0) is 9.53 Å². The Bertz CT molecular complexity index is 366. The lowest BCUT2D eigenvalue weighted by molar-refractivity contribution is -0.151. The molecule has 0 aliphatic carbocycles. The molecule has 0 aliphatic rings. The normalized spacial score (nSPS) is 11.2. The second-order valence-electron chi connectivity index (χ2n) is 4.64. The van der Waals surface area contributed by atoms with E-state index < -0.39 is 5.60 Å². The van der Waals surface area contributed by atoms with Crippen LogP contribution in [0.4, 0.5) is 0 Å². The molecule has 0 N–H and O–H groups in total. The summed E-state index contributed by atoms with van der Waals surface area (Å²) in [7, 11) is 0. The maximum absolute atomic E-state index is 11.5. The van der Waals surface area contributed by atoms with E-state index in [-0.39, 0.29) is 5.97 Å². The van der Waals surface area contributed by atoms with Gasteiger partial charge in [0.25, 0.3) is 0 Å². The number of ether oxygens (including phenoxy) is 1. The van der Waals surface area contributed by atoms with E-state index in [1.807, 2.05) is 52.0 Å². The van der Waals surface area contributed by atoms with Gasteiger partial charge in [-0.3, -0.25) is 4.79 Å². The van der Waals surface area contributed by atoms with Crippen LogP contribution >= 0.6 is 11.8 Å². The fourth-order valence-electron chi connectivity index (χ4n) is 1.23. The summed E-state index contributed by atoms with van der Waals surface area (Å²) in [6.45, 7) is 7.67. The molecule has 0 bridgehead atoms. The largest absolute Gasteiger partial charge is 0.459 e. The van der Waals surface area contributed by atoms with Gasteiger partial charge in [0.15, 0.2) is 0 Å². The highest BCUT2D eigenvalue weighted by atomic mass is 32.2. The van der Waals surface area contributed by atoms with Gasteiger partial charge in [0.1, 0.15) is 5.60 Å². The van der Waals surface area contributed by atoms with Gasteiger partial charge in [-0.15, -0.1) is 11.8 Å². The number of esters is 1. The highest BCUT2D eigenvalue weighted by molar-refractivity contribution is 8.00. The van der Waals surface area contributed by atoms with E-state index in [2.05, 4.69) is 0 Å². The molecule has 2 nitrogen and oxygen atoms in total. The lowest BCUT2D eigenvalue weighted by atomic mass is 10.2. The third kappa shape index (κ3) is 4.71. The van der Waals surface area contributed by atoms with Crippen molar-refractivity contribution in [2.24, 2.45) is 0 Å². The molecule has 0 fully saturated rings. The maximum atomic E-state index is 11.5. The number of rotatable bonds is 3. The van der Waals surface area contributed by atoms with Gasteiger partial charge in [0, 0.05) is 4.90 Å². The van der Waals surface area contributed by atoms with Crippen molar-refractivity contribution in [1.29, 1.82) is 0 Å². The second kappa shape index (κ2) is 5.39. The van der Waals surface area contributed by atoms with Gasteiger partial charge in [0.2, 0.25) is 0 Å². The van der Waals surface area contributed by atoms with Crippen molar-refractivity contribution in [3.8, 4) is 0 Å². The first kappa shape index (κ1) is 13.1. The molecular formula is C13H18O2S. The Morgan fingerprint density at radius 1 is 1.31 bits per heavy atom. The van der Waals surface area contributed by atoms with Crippen LogP contribution in [0.5, 0.6) is 0 Å². The predicted molar refractivity (Wildman–Crippen MR) is 67.7 cm³/mol. The average Bonchev–Trinajstić information content (AvgIpc) is 2.14. The smallest absolute Gasteiger partial charge is 0.316 e. The lowest BCUT2D eigenvalue weighted by Crippen LogP contribution is -2.24. The molecule has 16 heavy (non-hydrogen) atoms. The monoisotopic (exact) mass is 238 g/mol. The van der Waals surface area contributed by atoms with Gasteiger partial charge in [-0.25, -0.2) is 0 Å². The SMILES string of the molecule is Cc1ccccc1SCC(=O)OC(C)(C)C. The molecule has 0 radical (unpaired) electrons. The Kier molecular flexibility index (Phi) is 4.42. The fourth-order valence-corrected chi connectivity index (χ4v) is 2.03.